The molecule has 2 rings (SSSR count). The van der Waals surface area contributed by atoms with Gasteiger partial charge in [0.1, 0.15) is 0 Å². The Balaban J connectivity index is 1.72. The number of rotatable bonds is 7. The third-order valence-corrected chi connectivity index (χ3v) is 4.05. The van der Waals surface area contributed by atoms with Crippen molar-refractivity contribution in [3.05, 3.63) is 58.6 Å². The molecule has 0 aliphatic carbocycles. The number of nitrogens with zero attached hydrogens (tertiary/aromatic N) is 2. The third kappa shape index (κ3) is 6.68. The highest BCUT2D eigenvalue weighted by molar-refractivity contribution is 9.10. The Bertz CT molecular complexity index is 771. The van der Waals surface area contributed by atoms with Gasteiger partial charge < -0.3 is 10.2 Å². The van der Waals surface area contributed by atoms with Gasteiger partial charge in [-0.05, 0) is 42.0 Å². The maximum Gasteiger partial charge on any atom is 0.240 e. The lowest BCUT2D eigenvalue weighted by Crippen LogP contribution is -2.20. The van der Waals surface area contributed by atoms with E-state index in [9.17, 15) is 9.59 Å². The molecule has 6 nitrogen and oxygen atoms in total. The van der Waals surface area contributed by atoms with E-state index in [-0.39, 0.29) is 24.7 Å². The lowest BCUT2D eigenvalue weighted by molar-refractivity contribution is -0.124. The zero-order chi connectivity index (χ0) is 18.9. The topological polar surface area (TPSA) is 73.8 Å². The molecule has 0 atom stereocenters. The molecule has 0 aliphatic rings. The third-order valence-electron chi connectivity index (χ3n) is 3.52. The standard InChI is InChI=1S/C19H21BrN4O2/c1-24(2)17-9-3-14(4-10-17)13-21-23-19(26)12-11-18(25)22-16-7-5-15(20)6-8-16/h3-10,13H,11-12H2,1-2H3,(H,22,25)(H,23,26)/b21-13+. The Morgan fingerprint density at radius 1 is 1.00 bits per heavy atom. The molecule has 0 bridgehead atoms. The highest BCUT2D eigenvalue weighted by Gasteiger charge is 2.06. The molecule has 7 heteroatoms. The largest absolute Gasteiger partial charge is 0.378 e. The van der Waals surface area contributed by atoms with Crippen molar-refractivity contribution in [2.24, 2.45) is 5.10 Å². The minimum absolute atomic E-state index is 0.0687. The van der Waals surface area contributed by atoms with E-state index >= 15 is 0 Å². The van der Waals surface area contributed by atoms with Crippen LogP contribution in [0.1, 0.15) is 18.4 Å². The Morgan fingerprint density at radius 3 is 2.23 bits per heavy atom. The fraction of sp³-hybridized carbons (Fsp3) is 0.211. The quantitative estimate of drug-likeness (QED) is 0.536. The van der Waals surface area contributed by atoms with Crippen molar-refractivity contribution < 1.29 is 9.59 Å². The van der Waals surface area contributed by atoms with Crippen LogP contribution in [0, 0.1) is 0 Å². The molecule has 0 heterocycles. The van der Waals surface area contributed by atoms with E-state index in [1.807, 2.05) is 55.4 Å². The van der Waals surface area contributed by atoms with E-state index in [0.717, 1.165) is 15.7 Å². The van der Waals surface area contributed by atoms with E-state index in [4.69, 9.17) is 0 Å². The minimum Gasteiger partial charge on any atom is -0.378 e. The van der Waals surface area contributed by atoms with Gasteiger partial charge in [-0.25, -0.2) is 5.43 Å². The van der Waals surface area contributed by atoms with Crippen LogP contribution in [-0.4, -0.2) is 32.1 Å². The molecule has 0 unspecified atom stereocenters. The number of halogens is 1. The number of hydrogen-bond acceptors (Lipinski definition) is 4. The van der Waals surface area contributed by atoms with Gasteiger partial charge in [-0.1, -0.05) is 28.1 Å². The van der Waals surface area contributed by atoms with Crippen LogP contribution in [0.15, 0.2) is 58.1 Å². The normalized spacial score (nSPS) is 10.6. The van der Waals surface area contributed by atoms with Gasteiger partial charge in [-0.2, -0.15) is 5.10 Å². The van der Waals surface area contributed by atoms with Crippen LogP contribution in [0.3, 0.4) is 0 Å². The number of nitrogens with one attached hydrogen (secondary N) is 2. The fourth-order valence-electron chi connectivity index (χ4n) is 2.08. The molecule has 2 amide bonds. The summed E-state index contributed by atoms with van der Waals surface area (Å²) in [5, 5.41) is 6.65. The van der Waals surface area contributed by atoms with Crippen LogP contribution in [0.4, 0.5) is 11.4 Å². The first-order valence-electron chi connectivity index (χ1n) is 8.09. The van der Waals surface area contributed by atoms with E-state index in [2.05, 4.69) is 31.8 Å². The summed E-state index contributed by atoms with van der Waals surface area (Å²) in [4.78, 5) is 25.6. The molecular weight excluding hydrogens is 396 g/mol. The van der Waals surface area contributed by atoms with E-state index in [1.165, 1.54) is 0 Å². The Morgan fingerprint density at radius 2 is 1.62 bits per heavy atom. The van der Waals surface area contributed by atoms with Gasteiger partial charge in [0, 0.05) is 42.8 Å². The van der Waals surface area contributed by atoms with Crippen LogP contribution in [0.5, 0.6) is 0 Å². The Kier molecular flexibility index (Phi) is 7.35. The average Bonchev–Trinajstić information content (AvgIpc) is 2.62. The van der Waals surface area contributed by atoms with Crippen molar-refractivity contribution >= 4 is 45.3 Å². The predicted molar refractivity (Wildman–Crippen MR) is 109 cm³/mol. The SMILES string of the molecule is CN(C)c1ccc(/C=N/NC(=O)CCC(=O)Nc2ccc(Br)cc2)cc1. The second-order valence-corrected chi connectivity index (χ2v) is 6.75. The number of hydrazone groups is 1. The summed E-state index contributed by atoms with van der Waals surface area (Å²) < 4.78 is 0.934. The highest BCUT2D eigenvalue weighted by Crippen LogP contribution is 2.14. The summed E-state index contributed by atoms with van der Waals surface area (Å²) in [7, 11) is 3.94. The number of carbonyl (C=O) groups is 2. The number of anilines is 2. The van der Waals surface area contributed by atoms with Gasteiger partial charge in [-0.15, -0.1) is 0 Å². The number of amides is 2. The van der Waals surface area contributed by atoms with Gasteiger partial charge in [0.25, 0.3) is 0 Å². The molecule has 2 N–H and O–H groups in total. The first-order valence-corrected chi connectivity index (χ1v) is 8.88. The molecule has 2 aromatic carbocycles. The van der Waals surface area contributed by atoms with Gasteiger partial charge in [0.15, 0.2) is 0 Å². The monoisotopic (exact) mass is 416 g/mol. The predicted octanol–water partition coefficient (Wildman–Crippen LogP) is 3.38. The molecule has 0 radical (unpaired) electrons. The molecule has 26 heavy (non-hydrogen) atoms. The average molecular weight is 417 g/mol. The highest BCUT2D eigenvalue weighted by atomic mass is 79.9. The molecule has 0 saturated carbocycles. The van der Waals surface area contributed by atoms with Crippen LogP contribution in [0.2, 0.25) is 0 Å². The molecule has 0 spiro atoms. The van der Waals surface area contributed by atoms with Crippen molar-refractivity contribution in [3.8, 4) is 0 Å². The first-order chi connectivity index (χ1) is 12.4. The summed E-state index contributed by atoms with van der Waals surface area (Å²) in [6.45, 7) is 0. The summed E-state index contributed by atoms with van der Waals surface area (Å²) >= 11 is 3.33. The summed E-state index contributed by atoms with van der Waals surface area (Å²) in [5.41, 5.74) is 5.09. The van der Waals surface area contributed by atoms with Crippen LogP contribution in [-0.2, 0) is 9.59 Å². The molecule has 0 aliphatic heterocycles. The molecular formula is C19H21BrN4O2. The van der Waals surface area contributed by atoms with Gasteiger partial charge >= 0.3 is 0 Å². The van der Waals surface area contributed by atoms with Crippen molar-refractivity contribution in [2.75, 3.05) is 24.3 Å². The molecule has 0 aromatic heterocycles. The van der Waals surface area contributed by atoms with Gasteiger partial charge in [-0.3, -0.25) is 9.59 Å². The van der Waals surface area contributed by atoms with Crippen LogP contribution >= 0.6 is 15.9 Å². The van der Waals surface area contributed by atoms with E-state index in [0.29, 0.717) is 5.69 Å². The maximum atomic E-state index is 11.8. The zero-order valence-corrected chi connectivity index (χ0v) is 16.3. The van der Waals surface area contributed by atoms with Crippen LogP contribution < -0.4 is 15.6 Å². The zero-order valence-electron chi connectivity index (χ0n) is 14.7. The van der Waals surface area contributed by atoms with Crippen molar-refractivity contribution in [1.29, 1.82) is 0 Å². The number of hydrogen-bond donors (Lipinski definition) is 2. The van der Waals surface area contributed by atoms with E-state index < -0.39 is 0 Å². The van der Waals surface area contributed by atoms with Crippen molar-refractivity contribution in [2.45, 2.75) is 12.8 Å². The Hall–Kier alpha value is -2.67. The summed E-state index contributed by atoms with van der Waals surface area (Å²) in [6.07, 6.45) is 1.73. The summed E-state index contributed by atoms with van der Waals surface area (Å²) in [6, 6.07) is 15.0. The Labute approximate surface area is 161 Å². The number of carbonyl (C=O) groups excluding carboxylic acids is 2. The van der Waals surface area contributed by atoms with Crippen molar-refractivity contribution in [1.82, 2.24) is 5.43 Å². The smallest absolute Gasteiger partial charge is 0.240 e. The lowest BCUT2D eigenvalue weighted by Gasteiger charge is -2.11. The second kappa shape index (κ2) is 9.72. The van der Waals surface area contributed by atoms with Gasteiger partial charge in [0.2, 0.25) is 11.8 Å². The van der Waals surface area contributed by atoms with E-state index in [1.54, 1.807) is 18.3 Å². The summed E-state index contributed by atoms with van der Waals surface area (Å²) in [5.74, 6) is -0.525. The van der Waals surface area contributed by atoms with Crippen LogP contribution in [0.25, 0.3) is 0 Å². The lowest BCUT2D eigenvalue weighted by atomic mass is 10.2. The second-order valence-electron chi connectivity index (χ2n) is 5.83. The number of benzene rings is 2. The molecule has 136 valence electrons. The first kappa shape index (κ1) is 19.7. The fourth-order valence-corrected chi connectivity index (χ4v) is 2.34. The van der Waals surface area contributed by atoms with Gasteiger partial charge in [0.05, 0.1) is 6.21 Å². The minimum atomic E-state index is -0.308. The van der Waals surface area contributed by atoms with Crippen molar-refractivity contribution in [3.63, 3.8) is 0 Å². The molecule has 0 saturated heterocycles. The maximum absolute atomic E-state index is 11.8. The molecule has 0 fully saturated rings. The molecule has 2 aromatic rings.